The summed E-state index contributed by atoms with van der Waals surface area (Å²) in [6.45, 7) is 14.5. The molecule has 2 atom stereocenters. The summed E-state index contributed by atoms with van der Waals surface area (Å²) >= 11 is 0. The van der Waals surface area contributed by atoms with Crippen molar-refractivity contribution in [3.05, 3.63) is 0 Å². The highest BCUT2D eigenvalue weighted by atomic mass is 15.2. The van der Waals surface area contributed by atoms with Crippen molar-refractivity contribution in [1.82, 2.24) is 4.90 Å². The lowest BCUT2D eigenvalue weighted by atomic mass is 9.79. The number of nitrogens with zero attached hydrogens (tertiary/aromatic N) is 1. The van der Waals surface area contributed by atoms with E-state index in [0.717, 1.165) is 11.8 Å². The van der Waals surface area contributed by atoms with Crippen molar-refractivity contribution in [3.8, 4) is 0 Å². The van der Waals surface area contributed by atoms with Crippen LogP contribution in [0, 0.1) is 11.8 Å². The molecular formula is C19H39N. The van der Waals surface area contributed by atoms with Gasteiger partial charge in [-0.3, -0.25) is 4.90 Å². The maximum Gasteiger partial charge on any atom is 0.0125 e. The van der Waals surface area contributed by atoms with Crippen molar-refractivity contribution in [2.24, 2.45) is 11.8 Å². The van der Waals surface area contributed by atoms with Gasteiger partial charge in [0.2, 0.25) is 0 Å². The summed E-state index contributed by atoms with van der Waals surface area (Å²) < 4.78 is 0. The highest BCUT2D eigenvalue weighted by Gasteiger charge is 2.32. The molecule has 1 fully saturated rings. The number of hydrogen-bond donors (Lipinski definition) is 0. The van der Waals surface area contributed by atoms with Gasteiger partial charge in [-0.05, 0) is 45.6 Å². The zero-order valence-corrected chi connectivity index (χ0v) is 14.9. The SMILES string of the molecule is CCCCCCCCC1CCN(C(C)(C)C)CC1CC. The number of hydrogen-bond acceptors (Lipinski definition) is 1. The van der Waals surface area contributed by atoms with Crippen LogP contribution in [0.3, 0.4) is 0 Å². The van der Waals surface area contributed by atoms with Gasteiger partial charge in [-0.1, -0.05) is 65.2 Å². The summed E-state index contributed by atoms with van der Waals surface area (Å²) in [6.07, 6.45) is 12.9. The normalized spacial score (nSPS) is 25.1. The zero-order valence-electron chi connectivity index (χ0n) is 14.9. The van der Waals surface area contributed by atoms with Gasteiger partial charge in [0, 0.05) is 12.1 Å². The van der Waals surface area contributed by atoms with Gasteiger partial charge in [-0.2, -0.15) is 0 Å². The molecule has 1 saturated heterocycles. The van der Waals surface area contributed by atoms with Crippen LogP contribution in [0.5, 0.6) is 0 Å². The van der Waals surface area contributed by atoms with Crippen LogP contribution in [0.1, 0.15) is 92.4 Å². The van der Waals surface area contributed by atoms with Gasteiger partial charge in [0.15, 0.2) is 0 Å². The third-order valence-corrected chi connectivity index (χ3v) is 5.29. The quantitative estimate of drug-likeness (QED) is 0.502. The van der Waals surface area contributed by atoms with Gasteiger partial charge >= 0.3 is 0 Å². The molecule has 1 aliphatic heterocycles. The van der Waals surface area contributed by atoms with Crippen LogP contribution in [-0.4, -0.2) is 23.5 Å². The molecule has 0 radical (unpaired) electrons. The Morgan fingerprint density at radius 2 is 1.55 bits per heavy atom. The van der Waals surface area contributed by atoms with E-state index >= 15 is 0 Å². The smallest absolute Gasteiger partial charge is 0.0125 e. The Balaban J connectivity index is 2.26. The van der Waals surface area contributed by atoms with Crippen LogP contribution in [0.15, 0.2) is 0 Å². The second-order valence-electron chi connectivity index (χ2n) is 7.89. The summed E-state index contributed by atoms with van der Waals surface area (Å²) in [5.41, 5.74) is 0.360. The fraction of sp³-hybridized carbons (Fsp3) is 1.00. The number of piperidine rings is 1. The van der Waals surface area contributed by atoms with Crippen LogP contribution >= 0.6 is 0 Å². The molecule has 0 amide bonds. The summed E-state index contributed by atoms with van der Waals surface area (Å²) in [7, 11) is 0. The van der Waals surface area contributed by atoms with Crippen LogP contribution in [0.2, 0.25) is 0 Å². The van der Waals surface area contributed by atoms with Crippen molar-refractivity contribution < 1.29 is 0 Å². The molecule has 1 heteroatoms. The second-order valence-corrected chi connectivity index (χ2v) is 7.89. The molecule has 0 aromatic heterocycles. The average Bonchev–Trinajstić information content (AvgIpc) is 2.41. The minimum atomic E-state index is 0.360. The minimum absolute atomic E-state index is 0.360. The van der Waals surface area contributed by atoms with Crippen molar-refractivity contribution in [3.63, 3.8) is 0 Å². The maximum atomic E-state index is 2.71. The first-order valence-corrected chi connectivity index (χ1v) is 9.24. The summed E-state index contributed by atoms with van der Waals surface area (Å²) in [5.74, 6) is 1.95. The Morgan fingerprint density at radius 3 is 2.15 bits per heavy atom. The first-order chi connectivity index (χ1) is 9.49. The summed E-state index contributed by atoms with van der Waals surface area (Å²) in [5, 5.41) is 0. The molecule has 1 rings (SSSR count). The van der Waals surface area contributed by atoms with Crippen LogP contribution in [0.4, 0.5) is 0 Å². The molecule has 0 aliphatic carbocycles. The van der Waals surface area contributed by atoms with E-state index in [4.69, 9.17) is 0 Å². The van der Waals surface area contributed by atoms with Gasteiger partial charge in [0.1, 0.15) is 0 Å². The number of unbranched alkanes of at least 4 members (excludes halogenated alkanes) is 5. The fourth-order valence-electron chi connectivity index (χ4n) is 3.72. The molecule has 1 aliphatic rings. The number of likely N-dealkylation sites (tertiary alicyclic amines) is 1. The maximum absolute atomic E-state index is 2.71. The molecule has 0 spiro atoms. The van der Waals surface area contributed by atoms with Crippen molar-refractivity contribution in [2.75, 3.05) is 13.1 Å². The predicted molar refractivity (Wildman–Crippen MR) is 91.2 cm³/mol. The van der Waals surface area contributed by atoms with Gasteiger partial charge in [-0.25, -0.2) is 0 Å². The topological polar surface area (TPSA) is 3.24 Å². The molecule has 120 valence electrons. The Kier molecular flexibility index (Phi) is 8.17. The van der Waals surface area contributed by atoms with E-state index < -0.39 is 0 Å². The largest absolute Gasteiger partial charge is 0.298 e. The zero-order chi connectivity index (χ0) is 15.0. The van der Waals surface area contributed by atoms with Crippen LogP contribution in [-0.2, 0) is 0 Å². The van der Waals surface area contributed by atoms with E-state index in [1.54, 1.807) is 0 Å². The second kappa shape index (κ2) is 9.07. The lowest BCUT2D eigenvalue weighted by molar-refractivity contribution is 0.0415. The Labute approximate surface area is 128 Å². The molecule has 1 nitrogen and oxygen atoms in total. The molecule has 1 heterocycles. The Bertz CT molecular complexity index is 241. The fourth-order valence-corrected chi connectivity index (χ4v) is 3.72. The molecule has 0 aromatic carbocycles. The minimum Gasteiger partial charge on any atom is -0.298 e. The average molecular weight is 282 g/mol. The molecule has 0 bridgehead atoms. The highest BCUT2D eigenvalue weighted by Crippen LogP contribution is 2.33. The van der Waals surface area contributed by atoms with Gasteiger partial charge in [0.05, 0.1) is 0 Å². The van der Waals surface area contributed by atoms with Gasteiger partial charge in [0.25, 0.3) is 0 Å². The van der Waals surface area contributed by atoms with Gasteiger partial charge < -0.3 is 0 Å². The lowest BCUT2D eigenvalue weighted by Crippen LogP contribution is -2.49. The standard InChI is InChI=1S/C19H39N/c1-6-8-9-10-11-12-13-18-14-15-20(19(3,4)5)16-17(18)7-2/h17-18H,6-16H2,1-5H3. The van der Waals surface area contributed by atoms with E-state index in [-0.39, 0.29) is 0 Å². The molecule has 0 N–H and O–H groups in total. The predicted octanol–water partition coefficient (Wildman–Crippen LogP) is 5.88. The van der Waals surface area contributed by atoms with Gasteiger partial charge in [-0.15, -0.1) is 0 Å². The molecule has 0 aromatic rings. The summed E-state index contributed by atoms with van der Waals surface area (Å²) in [4.78, 5) is 2.71. The molecule has 2 unspecified atom stereocenters. The Hall–Kier alpha value is -0.0400. The third-order valence-electron chi connectivity index (χ3n) is 5.29. The first kappa shape index (κ1) is 18.0. The van der Waals surface area contributed by atoms with Crippen LogP contribution in [0.25, 0.3) is 0 Å². The van der Waals surface area contributed by atoms with E-state index in [9.17, 15) is 0 Å². The van der Waals surface area contributed by atoms with Crippen molar-refractivity contribution >= 4 is 0 Å². The molecular weight excluding hydrogens is 242 g/mol. The van der Waals surface area contributed by atoms with Crippen molar-refractivity contribution in [1.29, 1.82) is 0 Å². The van der Waals surface area contributed by atoms with Crippen molar-refractivity contribution in [2.45, 2.75) is 97.9 Å². The highest BCUT2D eigenvalue weighted by molar-refractivity contribution is 4.86. The third kappa shape index (κ3) is 6.16. The van der Waals surface area contributed by atoms with E-state index in [1.807, 2.05) is 0 Å². The lowest BCUT2D eigenvalue weighted by Gasteiger charge is -2.45. The first-order valence-electron chi connectivity index (χ1n) is 9.24. The molecule has 20 heavy (non-hydrogen) atoms. The number of rotatable bonds is 8. The summed E-state index contributed by atoms with van der Waals surface area (Å²) in [6, 6.07) is 0. The van der Waals surface area contributed by atoms with Crippen LogP contribution < -0.4 is 0 Å². The monoisotopic (exact) mass is 281 g/mol. The van der Waals surface area contributed by atoms with E-state index in [1.165, 1.54) is 70.9 Å². The van der Waals surface area contributed by atoms with E-state index in [2.05, 4.69) is 39.5 Å². The molecule has 0 saturated carbocycles. The van der Waals surface area contributed by atoms with E-state index in [0.29, 0.717) is 5.54 Å². The Morgan fingerprint density at radius 1 is 0.900 bits per heavy atom.